The van der Waals surface area contributed by atoms with Crippen LogP contribution in [0.4, 0.5) is 10.1 Å². The molecule has 2 rings (SSSR count). The van der Waals surface area contributed by atoms with Crippen molar-refractivity contribution < 1.29 is 9.13 Å². The third-order valence-corrected chi connectivity index (χ3v) is 2.79. The van der Waals surface area contributed by atoms with Crippen LogP contribution in [0.3, 0.4) is 0 Å². The van der Waals surface area contributed by atoms with Crippen LogP contribution in [-0.4, -0.2) is 32.8 Å². The molecule has 1 aromatic rings. The molecule has 0 atom stereocenters. The largest absolute Gasteiger partial charge is 0.378 e. The van der Waals surface area contributed by atoms with Crippen LogP contribution in [-0.2, 0) is 11.2 Å². The summed E-state index contributed by atoms with van der Waals surface area (Å²) in [5.74, 6) is -0.187. The van der Waals surface area contributed by atoms with Gasteiger partial charge >= 0.3 is 0 Å². The zero-order valence-corrected chi connectivity index (χ0v) is 9.21. The first-order chi connectivity index (χ1) is 7.83. The fourth-order valence-electron chi connectivity index (χ4n) is 2.04. The maximum atomic E-state index is 13.8. The van der Waals surface area contributed by atoms with Gasteiger partial charge in [-0.3, -0.25) is 5.73 Å². The number of benzene rings is 1. The number of anilines is 1. The van der Waals surface area contributed by atoms with Crippen LogP contribution >= 0.6 is 0 Å². The normalized spacial score (nSPS) is 16.5. The van der Waals surface area contributed by atoms with Crippen molar-refractivity contribution >= 4 is 5.69 Å². The van der Waals surface area contributed by atoms with Gasteiger partial charge in [0.05, 0.1) is 18.9 Å². The molecule has 3 nitrogen and oxygen atoms in total. The Morgan fingerprint density at radius 1 is 1.31 bits per heavy atom. The average molecular weight is 223 g/mol. The molecule has 1 aliphatic heterocycles. The molecule has 0 aromatic heterocycles. The number of rotatable bonds is 3. The lowest BCUT2D eigenvalue weighted by atomic mass is 10.1. The predicted octanol–water partition coefficient (Wildman–Crippen LogP) is 1.49. The van der Waals surface area contributed by atoms with Gasteiger partial charge in [-0.15, -0.1) is 0 Å². The molecule has 4 heteroatoms. The smallest absolute Gasteiger partial charge is 0.146 e. The van der Waals surface area contributed by atoms with E-state index < -0.39 is 0 Å². The Kier molecular flexibility index (Phi) is 3.74. The molecule has 0 spiro atoms. The lowest BCUT2D eigenvalue weighted by molar-refractivity contribution is 0.122. The number of hydrogen-bond acceptors (Lipinski definition) is 2. The third-order valence-electron chi connectivity index (χ3n) is 2.79. The highest BCUT2D eigenvalue weighted by atomic mass is 19.1. The molecule has 0 amide bonds. The summed E-state index contributed by atoms with van der Waals surface area (Å²) in [5.41, 5.74) is 8.85. The number of halogens is 1. The van der Waals surface area contributed by atoms with E-state index in [2.05, 4.69) is 0 Å². The Hall–Kier alpha value is -1.13. The summed E-state index contributed by atoms with van der Waals surface area (Å²) in [6.07, 6.45) is 0.602. The Labute approximate surface area is 95.0 Å². The Bertz CT molecular complexity index is 351. The first-order valence-electron chi connectivity index (χ1n) is 5.57. The summed E-state index contributed by atoms with van der Waals surface area (Å²) >= 11 is 0. The van der Waals surface area contributed by atoms with Crippen LogP contribution in [0.2, 0.25) is 0 Å². The Morgan fingerprint density at radius 3 is 2.75 bits per heavy atom. The van der Waals surface area contributed by atoms with Crippen LogP contribution < -0.4 is 10.6 Å². The summed E-state index contributed by atoms with van der Waals surface area (Å²) in [5, 5.41) is 0. The van der Waals surface area contributed by atoms with Gasteiger partial charge in [0.15, 0.2) is 0 Å². The molecule has 0 bridgehead atoms. The molecule has 0 unspecified atom stereocenters. The topological polar surface area (TPSA) is 36.3 Å². The van der Waals surface area contributed by atoms with Crippen molar-refractivity contribution in [2.75, 3.05) is 37.7 Å². The SMILES string of the molecule is [NH]CCc1cccc(F)c1N1CCOCC1. The van der Waals surface area contributed by atoms with Gasteiger partial charge in [-0.25, -0.2) is 4.39 Å². The summed E-state index contributed by atoms with van der Waals surface area (Å²) < 4.78 is 19.1. The maximum Gasteiger partial charge on any atom is 0.146 e. The van der Waals surface area contributed by atoms with E-state index >= 15 is 0 Å². The van der Waals surface area contributed by atoms with E-state index in [0.29, 0.717) is 31.9 Å². The summed E-state index contributed by atoms with van der Waals surface area (Å²) in [6.45, 7) is 3.04. The molecule has 1 aromatic carbocycles. The first-order valence-corrected chi connectivity index (χ1v) is 5.57. The van der Waals surface area contributed by atoms with E-state index in [1.165, 1.54) is 6.07 Å². The Balaban J connectivity index is 2.28. The molecular weight excluding hydrogens is 207 g/mol. The van der Waals surface area contributed by atoms with Crippen LogP contribution in [0.15, 0.2) is 18.2 Å². The predicted molar refractivity (Wildman–Crippen MR) is 61.1 cm³/mol. The van der Waals surface area contributed by atoms with Crippen molar-refractivity contribution in [3.63, 3.8) is 0 Å². The van der Waals surface area contributed by atoms with Crippen molar-refractivity contribution in [1.82, 2.24) is 5.73 Å². The van der Waals surface area contributed by atoms with E-state index in [4.69, 9.17) is 10.5 Å². The second-order valence-corrected chi connectivity index (χ2v) is 3.85. The van der Waals surface area contributed by atoms with E-state index in [1.807, 2.05) is 11.0 Å². The second kappa shape index (κ2) is 5.27. The van der Waals surface area contributed by atoms with Crippen LogP contribution in [0.25, 0.3) is 0 Å². The third kappa shape index (κ3) is 2.33. The molecule has 16 heavy (non-hydrogen) atoms. The fourth-order valence-corrected chi connectivity index (χ4v) is 2.04. The number of morpholine rings is 1. The molecule has 1 N–H and O–H groups in total. The molecule has 1 aliphatic rings. The molecule has 0 aliphatic carbocycles. The van der Waals surface area contributed by atoms with Crippen molar-refractivity contribution in [2.45, 2.75) is 6.42 Å². The van der Waals surface area contributed by atoms with E-state index in [1.54, 1.807) is 6.07 Å². The molecule has 87 valence electrons. The van der Waals surface area contributed by atoms with Gasteiger partial charge in [0.25, 0.3) is 0 Å². The van der Waals surface area contributed by atoms with Crippen LogP contribution in [0.1, 0.15) is 5.56 Å². The van der Waals surface area contributed by atoms with Crippen molar-refractivity contribution in [3.8, 4) is 0 Å². The first kappa shape index (κ1) is 11.4. The molecule has 0 saturated carbocycles. The number of ether oxygens (including phenoxy) is 1. The van der Waals surface area contributed by atoms with Gasteiger partial charge in [-0.05, 0) is 18.1 Å². The van der Waals surface area contributed by atoms with Gasteiger partial charge < -0.3 is 9.64 Å². The number of nitrogens with zero attached hydrogens (tertiary/aromatic N) is 1. The standard InChI is InChI=1S/C12H16FN2O/c13-11-3-1-2-10(4-5-14)12(11)15-6-8-16-9-7-15/h1-3,14H,4-9H2. The minimum absolute atomic E-state index is 0.187. The lowest BCUT2D eigenvalue weighted by Crippen LogP contribution is -2.37. The van der Waals surface area contributed by atoms with Crippen LogP contribution in [0, 0.1) is 5.82 Å². The van der Waals surface area contributed by atoms with Crippen LogP contribution in [0.5, 0.6) is 0 Å². The van der Waals surface area contributed by atoms with E-state index in [-0.39, 0.29) is 5.82 Å². The summed E-state index contributed by atoms with van der Waals surface area (Å²) in [4.78, 5) is 2.02. The number of hydrogen-bond donors (Lipinski definition) is 0. The molecule has 1 fully saturated rings. The maximum absolute atomic E-state index is 13.8. The molecule has 1 saturated heterocycles. The van der Waals surface area contributed by atoms with E-state index in [9.17, 15) is 4.39 Å². The second-order valence-electron chi connectivity index (χ2n) is 3.85. The van der Waals surface area contributed by atoms with Gasteiger partial charge in [0.1, 0.15) is 5.82 Å². The highest BCUT2D eigenvalue weighted by Gasteiger charge is 2.17. The average Bonchev–Trinajstić information content (AvgIpc) is 2.31. The van der Waals surface area contributed by atoms with Gasteiger partial charge in [-0.1, -0.05) is 12.1 Å². The minimum Gasteiger partial charge on any atom is -0.378 e. The summed E-state index contributed by atoms with van der Waals surface area (Å²) in [7, 11) is 0. The highest BCUT2D eigenvalue weighted by Crippen LogP contribution is 2.25. The van der Waals surface area contributed by atoms with E-state index in [0.717, 1.165) is 18.7 Å². The quantitative estimate of drug-likeness (QED) is 0.778. The fraction of sp³-hybridized carbons (Fsp3) is 0.500. The number of nitrogens with one attached hydrogen (secondary N) is 1. The zero-order chi connectivity index (χ0) is 11.4. The zero-order valence-electron chi connectivity index (χ0n) is 9.21. The summed E-state index contributed by atoms with van der Waals surface area (Å²) in [6, 6.07) is 5.10. The Morgan fingerprint density at radius 2 is 2.06 bits per heavy atom. The van der Waals surface area contributed by atoms with Gasteiger partial charge in [0, 0.05) is 19.6 Å². The highest BCUT2D eigenvalue weighted by molar-refractivity contribution is 5.55. The van der Waals surface area contributed by atoms with Crippen molar-refractivity contribution in [3.05, 3.63) is 29.6 Å². The molecule has 1 heterocycles. The minimum atomic E-state index is -0.187. The monoisotopic (exact) mass is 223 g/mol. The molecular formula is C12H16FN2O. The number of para-hydroxylation sites is 1. The van der Waals surface area contributed by atoms with Gasteiger partial charge in [0.2, 0.25) is 0 Å². The van der Waals surface area contributed by atoms with Gasteiger partial charge in [-0.2, -0.15) is 0 Å². The lowest BCUT2D eigenvalue weighted by Gasteiger charge is -2.30. The van der Waals surface area contributed by atoms with Crippen molar-refractivity contribution in [1.29, 1.82) is 0 Å². The van der Waals surface area contributed by atoms with Crippen molar-refractivity contribution in [2.24, 2.45) is 0 Å². The molecule has 1 radical (unpaired) electrons.